The van der Waals surface area contributed by atoms with E-state index in [1.807, 2.05) is 24.3 Å². The van der Waals surface area contributed by atoms with Crippen LogP contribution < -0.4 is 10.6 Å². The van der Waals surface area contributed by atoms with Gasteiger partial charge in [-0.05, 0) is 56.6 Å². The normalized spacial score (nSPS) is 12.4. The van der Waals surface area contributed by atoms with Gasteiger partial charge < -0.3 is 10.6 Å². The Morgan fingerprint density at radius 3 is 1.76 bits per heavy atom. The summed E-state index contributed by atoms with van der Waals surface area (Å²) < 4.78 is 0. The number of rotatable bonds is 20. The molecule has 0 radical (unpaired) electrons. The van der Waals surface area contributed by atoms with E-state index < -0.39 is 0 Å². The summed E-state index contributed by atoms with van der Waals surface area (Å²) in [6.07, 6.45) is 40.5. The fourth-order valence-corrected chi connectivity index (χ4v) is 3.20. The summed E-state index contributed by atoms with van der Waals surface area (Å²) in [5.74, 6) is -0.0763. The van der Waals surface area contributed by atoms with Gasteiger partial charge in [0.05, 0.1) is 0 Å². The first-order chi connectivity index (χ1) is 18.7. The molecule has 0 unspecified atom stereocenters. The molecule has 5 heteroatoms. The highest BCUT2D eigenvalue weighted by Crippen LogP contribution is 2.00. The van der Waals surface area contributed by atoms with Crippen molar-refractivity contribution in [2.75, 3.05) is 13.1 Å². The molecule has 1 aromatic rings. The fraction of sp³-hybridized carbons (Fsp3) is 0.364. The molecule has 38 heavy (non-hydrogen) atoms. The van der Waals surface area contributed by atoms with Crippen LogP contribution >= 0.6 is 0 Å². The van der Waals surface area contributed by atoms with Crippen molar-refractivity contribution in [3.8, 4) is 0 Å². The first-order valence-electron chi connectivity index (χ1n) is 13.7. The maximum absolute atomic E-state index is 11.9. The molecule has 0 aliphatic heterocycles. The van der Waals surface area contributed by atoms with Crippen molar-refractivity contribution < 1.29 is 9.59 Å². The van der Waals surface area contributed by atoms with Crippen LogP contribution in [-0.2, 0) is 9.59 Å². The number of nitrogens with zero attached hydrogens (tertiary/aromatic N) is 1. The van der Waals surface area contributed by atoms with Crippen molar-refractivity contribution in [2.45, 2.75) is 64.7 Å². The molecular formula is C33H45N3O2. The summed E-state index contributed by atoms with van der Waals surface area (Å²) in [6.45, 7) is 3.00. The van der Waals surface area contributed by atoms with Gasteiger partial charge in [0.15, 0.2) is 0 Å². The molecular weight excluding hydrogens is 470 g/mol. The first kappa shape index (κ1) is 32.3. The number of amides is 2. The van der Waals surface area contributed by atoms with E-state index in [2.05, 4.69) is 89.4 Å². The van der Waals surface area contributed by atoms with E-state index >= 15 is 0 Å². The third kappa shape index (κ3) is 21.5. The minimum absolute atomic E-state index is 0.00440. The quantitative estimate of drug-likeness (QED) is 0.143. The first-order valence-corrected chi connectivity index (χ1v) is 13.7. The molecule has 0 fully saturated rings. The van der Waals surface area contributed by atoms with Crippen LogP contribution in [0.3, 0.4) is 0 Å². The standard InChI is InChI=1S/C33H45N3O2/c1-2-3-4-5-6-7-8-9-10-11-12-13-14-15-16-17-18-19-20-25-32(37)35-28-29-36-33(38)26-21-23-31-24-22-27-34-30-31/h3-4,6-7,9-10,12-13,15-16,18-19,21-24,27,30H,2,5,8,11,14,17,20,25-26,28-29H2,1H3,(H,35,37)(H,36,38)/b4-3?,7-6?,10-9?,13-12?,16-15?,19-18?,23-21+. The minimum atomic E-state index is -0.0719. The number of hydrogen-bond donors (Lipinski definition) is 2. The molecule has 0 saturated carbocycles. The van der Waals surface area contributed by atoms with Crippen LogP contribution in [0.5, 0.6) is 0 Å². The van der Waals surface area contributed by atoms with Crippen LogP contribution in [0.25, 0.3) is 6.08 Å². The highest BCUT2D eigenvalue weighted by molar-refractivity contribution is 5.78. The van der Waals surface area contributed by atoms with Gasteiger partial charge in [-0.25, -0.2) is 0 Å². The van der Waals surface area contributed by atoms with Crippen LogP contribution in [0.1, 0.15) is 70.3 Å². The number of allylic oxidation sites excluding steroid dienone is 12. The molecule has 0 saturated heterocycles. The molecule has 0 aromatic carbocycles. The minimum Gasteiger partial charge on any atom is -0.354 e. The van der Waals surface area contributed by atoms with E-state index in [1.54, 1.807) is 18.5 Å². The van der Waals surface area contributed by atoms with Crippen LogP contribution in [0.15, 0.2) is 104 Å². The maximum atomic E-state index is 11.9. The highest BCUT2D eigenvalue weighted by atomic mass is 16.2. The van der Waals surface area contributed by atoms with Gasteiger partial charge in [0.25, 0.3) is 0 Å². The van der Waals surface area contributed by atoms with Gasteiger partial charge in [0.1, 0.15) is 0 Å². The summed E-state index contributed by atoms with van der Waals surface area (Å²) in [4.78, 5) is 27.7. The Balaban J connectivity index is 1.95. The number of hydrogen-bond acceptors (Lipinski definition) is 3. The van der Waals surface area contributed by atoms with E-state index in [0.717, 1.165) is 44.1 Å². The number of pyridine rings is 1. The van der Waals surface area contributed by atoms with Crippen molar-refractivity contribution in [2.24, 2.45) is 0 Å². The average molecular weight is 516 g/mol. The molecule has 1 aromatic heterocycles. The predicted molar refractivity (Wildman–Crippen MR) is 161 cm³/mol. The summed E-state index contributed by atoms with van der Waals surface area (Å²) >= 11 is 0. The van der Waals surface area contributed by atoms with Crippen LogP contribution in [0.2, 0.25) is 0 Å². The van der Waals surface area contributed by atoms with Gasteiger partial charge in [0, 0.05) is 38.3 Å². The third-order valence-electron chi connectivity index (χ3n) is 5.20. The lowest BCUT2D eigenvalue weighted by molar-refractivity contribution is -0.122. The highest BCUT2D eigenvalue weighted by Gasteiger charge is 2.00. The second-order valence-corrected chi connectivity index (χ2v) is 8.55. The average Bonchev–Trinajstić information content (AvgIpc) is 2.93. The Morgan fingerprint density at radius 2 is 1.24 bits per heavy atom. The molecule has 0 aliphatic rings. The Labute approximate surface area is 229 Å². The van der Waals surface area contributed by atoms with E-state index in [-0.39, 0.29) is 11.8 Å². The predicted octanol–water partition coefficient (Wildman–Crippen LogP) is 7.20. The molecule has 5 nitrogen and oxygen atoms in total. The largest absolute Gasteiger partial charge is 0.354 e. The zero-order valence-electron chi connectivity index (χ0n) is 22.9. The van der Waals surface area contributed by atoms with Crippen molar-refractivity contribution in [3.63, 3.8) is 0 Å². The Kier molecular flexibility index (Phi) is 21.2. The summed E-state index contributed by atoms with van der Waals surface area (Å²) in [5.41, 5.74) is 0.958. The molecule has 0 aliphatic carbocycles. The number of aromatic nitrogens is 1. The fourth-order valence-electron chi connectivity index (χ4n) is 3.20. The summed E-state index contributed by atoms with van der Waals surface area (Å²) in [7, 11) is 0. The molecule has 1 heterocycles. The molecule has 204 valence electrons. The van der Waals surface area contributed by atoms with Gasteiger partial charge in [-0.2, -0.15) is 0 Å². The van der Waals surface area contributed by atoms with Crippen molar-refractivity contribution in [3.05, 3.63) is 109 Å². The SMILES string of the molecule is CCC=CCC=CCC=CCC=CCC=CCC=CCCC(=O)NCCNC(=O)C/C=C/c1cccnc1. The zero-order valence-corrected chi connectivity index (χ0v) is 22.9. The molecule has 0 bridgehead atoms. The van der Waals surface area contributed by atoms with Crippen LogP contribution in [-0.4, -0.2) is 29.9 Å². The second-order valence-electron chi connectivity index (χ2n) is 8.55. The summed E-state index contributed by atoms with van der Waals surface area (Å²) in [5, 5.41) is 5.63. The molecule has 1 rings (SSSR count). The topological polar surface area (TPSA) is 71.1 Å². The lowest BCUT2D eigenvalue weighted by Crippen LogP contribution is -2.34. The monoisotopic (exact) mass is 515 g/mol. The third-order valence-corrected chi connectivity index (χ3v) is 5.20. The van der Waals surface area contributed by atoms with Crippen LogP contribution in [0.4, 0.5) is 0 Å². The van der Waals surface area contributed by atoms with Crippen molar-refractivity contribution in [1.29, 1.82) is 0 Å². The van der Waals surface area contributed by atoms with Gasteiger partial charge in [-0.1, -0.05) is 98.1 Å². The Bertz CT molecular complexity index is 954. The Hall–Kier alpha value is -3.73. The van der Waals surface area contributed by atoms with E-state index in [9.17, 15) is 9.59 Å². The van der Waals surface area contributed by atoms with E-state index in [1.165, 1.54) is 0 Å². The number of carbonyl (C=O) groups excluding carboxylic acids is 2. The van der Waals surface area contributed by atoms with Gasteiger partial charge in [-0.3, -0.25) is 14.6 Å². The Morgan fingerprint density at radius 1 is 0.711 bits per heavy atom. The summed E-state index contributed by atoms with van der Waals surface area (Å²) in [6, 6.07) is 3.78. The van der Waals surface area contributed by atoms with Gasteiger partial charge in [-0.15, -0.1) is 0 Å². The van der Waals surface area contributed by atoms with Crippen molar-refractivity contribution in [1.82, 2.24) is 15.6 Å². The molecule has 0 spiro atoms. The molecule has 2 amide bonds. The van der Waals surface area contributed by atoms with Crippen LogP contribution in [0, 0.1) is 0 Å². The van der Waals surface area contributed by atoms with Gasteiger partial charge in [0.2, 0.25) is 11.8 Å². The van der Waals surface area contributed by atoms with E-state index in [4.69, 9.17) is 0 Å². The zero-order chi connectivity index (χ0) is 27.4. The van der Waals surface area contributed by atoms with Crippen molar-refractivity contribution >= 4 is 17.9 Å². The van der Waals surface area contributed by atoms with Gasteiger partial charge >= 0.3 is 0 Å². The maximum Gasteiger partial charge on any atom is 0.223 e. The lowest BCUT2D eigenvalue weighted by Gasteiger charge is -2.05. The molecule has 0 atom stereocenters. The van der Waals surface area contributed by atoms with E-state index in [0.29, 0.717) is 32.4 Å². The number of nitrogens with one attached hydrogen (secondary N) is 2. The lowest BCUT2D eigenvalue weighted by atomic mass is 10.2. The second kappa shape index (κ2) is 24.9. The smallest absolute Gasteiger partial charge is 0.223 e. The molecule has 2 N–H and O–H groups in total. The number of carbonyl (C=O) groups is 2.